The SMILES string of the molecule is C=Cc1ccc(Oc2ccc(C3(c4ccc(Oc5ccc(C=C)cc5)cc4)c4ccccc4-c4c(-c5sc(-c6cccc7c6-c6ccccc6C7(c6ccc(Oc7ccc(C=C)cc7)cc6)c6ccc(Oc7ccc(C=C)cc7)cc6)c6nc7c8cc(-c9ccc(C(=O)OC)cc9)ccc8c8ccc(-c9ccc(C(=O)OC)cc9)cc8c7nc56)cccc43)cc2)cc1. The minimum Gasteiger partial charge on any atom is -0.465 e. The number of benzene rings is 17. The Balaban J connectivity index is 0.831. The highest BCUT2D eigenvalue weighted by Gasteiger charge is 2.50. The third kappa shape index (κ3) is 13.4. The zero-order chi connectivity index (χ0) is 86.0. The molecule has 19 aromatic rings. The largest absolute Gasteiger partial charge is 0.465 e. The number of rotatable bonds is 22. The van der Waals surface area contributed by atoms with Crippen molar-refractivity contribution < 1.29 is 38.0 Å². The fraction of sp³-hybridized carbons (Fsp3) is 0.0345. The van der Waals surface area contributed by atoms with Gasteiger partial charge in [-0.2, -0.15) is 0 Å². The molecule has 0 N–H and O–H groups in total. The normalized spacial score (nSPS) is 12.5. The van der Waals surface area contributed by atoms with Crippen LogP contribution < -0.4 is 18.9 Å². The summed E-state index contributed by atoms with van der Waals surface area (Å²) in [6.07, 6.45) is 7.30. The number of carbonyl (C=O) groups is 2. The summed E-state index contributed by atoms with van der Waals surface area (Å²) in [4.78, 5) is 40.3. The molecule has 0 amide bonds. The molecule has 0 fully saturated rings. The summed E-state index contributed by atoms with van der Waals surface area (Å²) >= 11 is 1.71. The van der Waals surface area contributed by atoms with Crippen molar-refractivity contribution in [1.29, 1.82) is 0 Å². The number of hydrogen-bond acceptors (Lipinski definition) is 11. The fourth-order valence-corrected chi connectivity index (χ4v) is 20.0. The Kier molecular flexibility index (Phi) is 19.7. The third-order valence-corrected chi connectivity index (χ3v) is 26.1. The quantitative estimate of drug-likeness (QED) is 0.0480. The van der Waals surface area contributed by atoms with Gasteiger partial charge in [-0.1, -0.05) is 281 Å². The van der Waals surface area contributed by atoms with Crippen molar-refractivity contribution in [1.82, 2.24) is 9.97 Å². The monoisotopic (exact) mass is 1660 g/mol. The number of esters is 2. The predicted molar refractivity (Wildman–Crippen MR) is 515 cm³/mol. The molecule has 0 radical (unpaired) electrons. The van der Waals surface area contributed by atoms with Crippen molar-refractivity contribution in [3.63, 3.8) is 0 Å². The third-order valence-electron chi connectivity index (χ3n) is 24.8. The lowest BCUT2D eigenvalue weighted by atomic mass is 9.67. The van der Waals surface area contributed by atoms with Crippen LogP contribution in [0.15, 0.2) is 390 Å². The smallest absolute Gasteiger partial charge is 0.337 e. The number of ether oxygens (including phenoxy) is 6. The van der Waals surface area contributed by atoms with Gasteiger partial charge in [0.25, 0.3) is 0 Å². The summed E-state index contributed by atoms with van der Waals surface area (Å²) in [5.41, 5.74) is 24.1. The summed E-state index contributed by atoms with van der Waals surface area (Å²) in [5.74, 6) is 4.74. The molecular formula is C116H78N2O8S. The Morgan fingerprint density at radius 1 is 0.276 bits per heavy atom. The average Bonchev–Trinajstić information content (AvgIpc) is 1.53. The van der Waals surface area contributed by atoms with Crippen molar-refractivity contribution in [2.24, 2.45) is 0 Å². The van der Waals surface area contributed by atoms with Gasteiger partial charge in [0, 0.05) is 21.9 Å². The van der Waals surface area contributed by atoms with E-state index in [2.05, 4.69) is 245 Å². The number of carbonyl (C=O) groups excluding carboxylic acids is 2. The molecule has 2 aliphatic rings. The number of aromatic nitrogens is 2. The van der Waals surface area contributed by atoms with E-state index in [9.17, 15) is 9.59 Å². The van der Waals surface area contributed by atoms with Crippen LogP contribution in [0.5, 0.6) is 46.0 Å². The predicted octanol–water partition coefficient (Wildman–Crippen LogP) is 29.9. The van der Waals surface area contributed by atoms with Crippen LogP contribution in [0.4, 0.5) is 0 Å². The lowest BCUT2D eigenvalue weighted by Crippen LogP contribution is -2.28. The molecule has 2 heterocycles. The van der Waals surface area contributed by atoms with E-state index in [0.717, 1.165) is 154 Å². The molecule has 0 spiro atoms. The Morgan fingerprint density at radius 3 is 0.835 bits per heavy atom. The Labute approximate surface area is 738 Å². The van der Waals surface area contributed by atoms with Crippen LogP contribution >= 0.6 is 11.3 Å². The molecule has 2 aromatic heterocycles. The highest BCUT2D eigenvalue weighted by atomic mass is 32.1. The van der Waals surface area contributed by atoms with E-state index in [1.807, 2.05) is 146 Å². The molecule has 0 unspecified atom stereocenters. The number of thiophene rings is 1. The summed E-state index contributed by atoms with van der Waals surface area (Å²) in [7, 11) is 2.79. The van der Waals surface area contributed by atoms with Gasteiger partial charge in [0.2, 0.25) is 0 Å². The van der Waals surface area contributed by atoms with Crippen LogP contribution in [0.2, 0.25) is 0 Å². The van der Waals surface area contributed by atoms with Crippen LogP contribution in [-0.4, -0.2) is 36.1 Å². The van der Waals surface area contributed by atoms with Gasteiger partial charge >= 0.3 is 11.9 Å². The van der Waals surface area contributed by atoms with Crippen molar-refractivity contribution in [3.05, 3.63) is 468 Å². The molecule has 2 aliphatic carbocycles. The Morgan fingerprint density at radius 2 is 0.543 bits per heavy atom. The van der Waals surface area contributed by atoms with Gasteiger partial charge in [-0.3, -0.25) is 0 Å². The standard InChI is InChI=1S/C116H78N2O8S/c1-7-71-25-51-85(52-26-71)123-89-59-43-81(44-60-89)115(82-45-61-90(62-46-82)124-86-53-27-72(8-2)28-54-86)101-21-13-11-17-95(101)105-97(19-15-23-103(105)115)111-109-110(118-108-100-70-80(76-35-39-78(40-36-76)114(120)122-6)42-68-94(100)93-67-41-79(69-99(93)107(108)117-109)75-33-37-77(38-34-75)113(119)121-5)112(127-111)98-20-16-24-104-106(98)96-18-12-14-22-102(96)116(104,83-47-63-91(64-48-83)125-87-55-29-73(9-3)30-56-87)84-49-65-92(66-50-84)126-88-57-31-74(10-4)32-58-88/h7-70H,1-4H2,5-6H3. The second-order valence-electron chi connectivity index (χ2n) is 31.7. The molecular weight excluding hydrogens is 1580 g/mol. The highest BCUT2D eigenvalue weighted by molar-refractivity contribution is 7.21. The van der Waals surface area contributed by atoms with Gasteiger partial charge in [-0.05, 0) is 256 Å². The number of nitrogens with zero attached hydrogens (tertiary/aromatic N) is 2. The highest BCUT2D eigenvalue weighted by Crippen LogP contribution is 2.63. The first-order chi connectivity index (χ1) is 62.4. The van der Waals surface area contributed by atoms with E-state index in [1.54, 1.807) is 35.6 Å². The molecule has 0 saturated carbocycles. The van der Waals surface area contributed by atoms with E-state index in [1.165, 1.54) is 14.2 Å². The Hall–Kier alpha value is -16.3. The fourth-order valence-electron chi connectivity index (χ4n) is 18.8. The lowest BCUT2D eigenvalue weighted by Gasteiger charge is -2.34. The molecule has 17 aromatic carbocycles. The molecule has 21 rings (SSSR count). The van der Waals surface area contributed by atoms with Crippen LogP contribution in [-0.2, 0) is 20.3 Å². The number of hydrogen-bond donors (Lipinski definition) is 0. The van der Waals surface area contributed by atoms with E-state index >= 15 is 0 Å². The molecule has 0 bridgehead atoms. The van der Waals surface area contributed by atoms with Gasteiger partial charge in [0.15, 0.2) is 0 Å². The lowest BCUT2D eigenvalue weighted by molar-refractivity contribution is 0.0592. The zero-order valence-electron chi connectivity index (χ0n) is 69.3. The van der Waals surface area contributed by atoms with Gasteiger partial charge in [-0.25, -0.2) is 19.6 Å². The Bertz CT molecular complexity index is 6980. The first-order valence-electron chi connectivity index (χ1n) is 41.9. The number of methoxy groups -OCH3 is 2. The molecule has 0 atom stereocenters. The van der Waals surface area contributed by atoms with E-state index in [-0.39, 0.29) is 0 Å². The van der Waals surface area contributed by atoms with Crippen LogP contribution in [0, 0.1) is 0 Å². The molecule has 0 aliphatic heterocycles. The maximum Gasteiger partial charge on any atom is 0.337 e. The van der Waals surface area contributed by atoms with Gasteiger partial charge in [-0.15, -0.1) is 11.3 Å². The van der Waals surface area contributed by atoms with E-state index in [4.69, 9.17) is 38.4 Å². The average molecular weight is 1660 g/mol. The summed E-state index contributed by atoms with van der Waals surface area (Å²) in [6, 6.07) is 125. The van der Waals surface area contributed by atoms with Crippen molar-refractivity contribution in [2.75, 3.05) is 14.2 Å². The van der Waals surface area contributed by atoms with Crippen molar-refractivity contribution in [2.45, 2.75) is 10.8 Å². The number of fused-ring (bicyclic) bond motifs is 13. The van der Waals surface area contributed by atoms with Crippen LogP contribution in [0.25, 0.3) is 133 Å². The van der Waals surface area contributed by atoms with Gasteiger partial charge in [0.1, 0.15) is 57.0 Å². The first kappa shape index (κ1) is 77.9. The maximum absolute atomic E-state index is 13.0. The van der Waals surface area contributed by atoms with E-state index < -0.39 is 22.8 Å². The molecule has 10 nitrogen and oxygen atoms in total. The molecule has 606 valence electrons. The molecule has 0 saturated heterocycles. The summed E-state index contributed by atoms with van der Waals surface area (Å²) in [6.45, 7) is 15.9. The first-order valence-corrected chi connectivity index (χ1v) is 42.8. The molecule has 11 heteroatoms. The second kappa shape index (κ2) is 32.2. The topological polar surface area (TPSA) is 115 Å². The molecule has 127 heavy (non-hydrogen) atoms. The summed E-state index contributed by atoms with van der Waals surface area (Å²) < 4.78 is 36.9. The van der Waals surface area contributed by atoms with Crippen molar-refractivity contribution in [3.8, 4) is 111 Å². The van der Waals surface area contributed by atoms with Crippen LogP contribution in [0.1, 0.15) is 87.5 Å². The van der Waals surface area contributed by atoms with Gasteiger partial charge < -0.3 is 28.4 Å². The minimum atomic E-state index is -0.932. The maximum atomic E-state index is 13.0. The van der Waals surface area contributed by atoms with Crippen LogP contribution in [0.3, 0.4) is 0 Å². The minimum absolute atomic E-state index is 0.419. The van der Waals surface area contributed by atoms with Crippen molar-refractivity contribution >= 4 is 91.2 Å². The zero-order valence-corrected chi connectivity index (χ0v) is 70.2. The van der Waals surface area contributed by atoms with Gasteiger partial charge in [0.05, 0.1) is 57.0 Å². The summed E-state index contributed by atoms with van der Waals surface area (Å²) in [5, 5.41) is 3.70. The van der Waals surface area contributed by atoms with E-state index in [0.29, 0.717) is 79.2 Å². The second-order valence-corrected chi connectivity index (χ2v) is 32.7.